The minimum atomic E-state index is 0.589. The predicted octanol–water partition coefficient (Wildman–Crippen LogP) is 0.866. The molecule has 0 N–H and O–H groups in total. The van der Waals surface area contributed by atoms with Gasteiger partial charge >= 0.3 is 0 Å². The topological polar surface area (TPSA) is 3.24 Å². The van der Waals surface area contributed by atoms with Crippen LogP contribution in [0.2, 0.25) is 0 Å². The van der Waals surface area contributed by atoms with Gasteiger partial charge in [0.05, 0.1) is 0 Å². The van der Waals surface area contributed by atoms with Gasteiger partial charge in [-0.05, 0) is 13.0 Å². The second-order valence-corrected chi connectivity index (χ2v) is 3.54. The van der Waals surface area contributed by atoms with E-state index in [2.05, 4.69) is 31.5 Å². The van der Waals surface area contributed by atoms with Gasteiger partial charge in [0, 0.05) is 18.3 Å². The molecule has 1 nitrogen and oxygen atoms in total. The van der Waals surface area contributed by atoms with Crippen molar-refractivity contribution in [3.05, 3.63) is 0 Å². The van der Waals surface area contributed by atoms with Crippen LogP contribution in [-0.4, -0.2) is 30.3 Å². The Bertz CT molecular complexity index is 76.6. The van der Waals surface area contributed by atoms with Gasteiger partial charge in [0.2, 0.25) is 0 Å². The monoisotopic (exact) mass is 131 g/mol. The molecule has 0 spiro atoms. The molecule has 0 radical (unpaired) electrons. The second-order valence-electron chi connectivity index (χ2n) is 2.72. The zero-order chi connectivity index (χ0) is 6.15. The van der Waals surface area contributed by atoms with E-state index in [4.69, 9.17) is 0 Å². The first-order valence-corrected chi connectivity index (χ1v) is 3.58. The summed E-state index contributed by atoms with van der Waals surface area (Å²) in [5, 5.41) is 0.589. The minimum Gasteiger partial charge on any atom is -0.306 e. The molecule has 1 aliphatic heterocycles. The molecule has 0 saturated carbocycles. The molecule has 1 fully saturated rings. The number of thiol groups is 1. The van der Waals surface area contributed by atoms with Crippen LogP contribution < -0.4 is 0 Å². The Morgan fingerprint density at radius 1 is 1.62 bits per heavy atom. The Labute approximate surface area is 56.5 Å². The minimum absolute atomic E-state index is 0.589. The normalized spacial score (nSPS) is 27.4. The summed E-state index contributed by atoms with van der Waals surface area (Å²) < 4.78 is 0. The maximum atomic E-state index is 4.34. The zero-order valence-electron chi connectivity index (χ0n) is 5.46. The molecule has 0 bridgehead atoms. The van der Waals surface area contributed by atoms with Gasteiger partial charge in [-0.3, -0.25) is 0 Å². The largest absolute Gasteiger partial charge is 0.306 e. The van der Waals surface area contributed by atoms with Crippen LogP contribution in [0.15, 0.2) is 0 Å². The predicted molar refractivity (Wildman–Crippen MR) is 39.4 cm³/mol. The van der Waals surface area contributed by atoms with Crippen LogP contribution in [-0.2, 0) is 0 Å². The highest BCUT2D eigenvalue weighted by Gasteiger charge is 2.25. The van der Waals surface area contributed by atoms with Crippen molar-refractivity contribution < 1.29 is 0 Å². The van der Waals surface area contributed by atoms with Crippen LogP contribution in [0.1, 0.15) is 6.92 Å². The summed E-state index contributed by atoms with van der Waals surface area (Å²) in [6.07, 6.45) is 0. The lowest BCUT2D eigenvalue weighted by molar-refractivity contribution is 0.136. The quantitative estimate of drug-likeness (QED) is 0.517. The number of hydrogen-bond acceptors (Lipinski definition) is 2. The molecular formula is C6H13NS. The van der Waals surface area contributed by atoms with Gasteiger partial charge in [0.25, 0.3) is 0 Å². The number of likely N-dealkylation sites (tertiary alicyclic amines) is 1. The molecule has 0 aromatic rings. The van der Waals surface area contributed by atoms with Gasteiger partial charge in [0.1, 0.15) is 0 Å². The van der Waals surface area contributed by atoms with Crippen molar-refractivity contribution in [1.29, 1.82) is 0 Å². The van der Waals surface area contributed by atoms with E-state index in [0.29, 0.717) is 5.25 Å². The summed E-state index contributed by atoms with van der Waals surface area (Å²) in [6.45, 7) is 4.65. The van der Waals surface area contributed by atoms with Crippen molar-refractivity contribution in [3.63, 3.8) is 0 Å². The molecular weight excluding hydrogens is 118 g/mol. The fourth-order valence-corrected chi connectivity index (χ4v) is 1.24. The average molecular weight is 131 g/mol. The lowest BCUT2D eigenvalue weighted by atomic mass is 9.98. The van der Waals surface area contributed by atoms with Crippen LogP contribution in [0.25, 0.3) is 0 Å². The van der Waals surface area contributed by atoms with Crippen LogP contribution in [0.4, 0.5) is 0 Å². The van der Waals surface area contributed by atoms with Crippen LogP contribution in [0, 0.1) is 5.92 Å². The molecule has 0 aromatic carbocycles. The van der Waals surface area contributed by atoms with Crippen molar-refractivity contribution in [2.24, 2.45) is 5.92 Å². The van der Waals surface area contributed by atoms with E-state index in [9.17, 15) is 0 Å². The molecule has 1 unspecified atom stereocenters. The average Bonchev–Trinajstić information content (AvgIpc) is 1.57. The molecule has 1 saturated heterocycles. The molecule has 0 aliphatic carbocycles. The van der Waals surface area contributed by atoms with E-state index in [1.54, 1.807) is 0 Å². The van der Waals surface area contributed by atoms with Crippen molar-refractivity contribution in [2.45, 2.75) is 12.2 Å². The fraction of sp³-hybridized carbons (Fsp3) is 1.00. The first kappa shape index (κ1) is 6.43. The molecule has 8 heavy (non-hydrogen) atoms. The summed E-state index contributed by atoms with van der Waals surface area (Å²) in [4.78, 5) is 2.32. The van der Waals surface area contributed by atoms with Crippen LogP contribution in [0.3, 0.4) is 0 Å². The first-order chi connectivity index (χ1) is 3.70. The van der Waals surface area contributed by atoms with E-state index in [1.807, 2.05) is 0 Å². The third kappa shape index (κ3) is 1.17. The first-order valence-electron chi connectivity index (χ1n) is 3.07. The van der Waals surface area contributed by atoms with Crippen LogP contribution in [0.5, 0.6) is 0 Å². The molecule has 1 atom stereocenters. The molecule has 1 aliphatic rings. The summed E-state index contributed by atoms with van der Waals surface area (Å²) in [5.74, 6) is 0.850. The van der Waals surface area contributed by atoms with Gasteiger partial charge in [-0.15, -0.1) is 0 Å². The highest BCUT2D eigenvalue weighted by atomic mass is 32.1. The molecule has 1 rings (SSSR count). The summed E-state index contributed by atoms with van der Waals surface area (Å²) in [6, 6.07) is 0. The lowest BCUT2D eigenvalue weighted by Gasteiger charge is -2.38. The summed E-state index contributed by atoms with van der Waals surface area (Å²) in [7, 11) is 2.15. The molecule has 2 heteroatoms. The number of hydrogen-bond donors (Lipinski definition) is 1. The smallest absolute Gasteiger partial charge is 0.00411 e. The summed E-state index contributed by atoms with van der Waals surface area (Å²) in [5.41, 5.74) is 0. The fourth-order valence-electron chi connectivity index (χ4n) is 1.05. The SMILES string of the molecule is CC(S)C1CN(C)C1. The van der Waals surface area contributed by atoms with Crippen molar-refractivity contribution >= 4 is 12.6 Å². The highest BCUT2D eigenvalue weighted by molar-refractivity contribution is 7.80. The van der Waals surface area contributed by atoms with Crippen molar-refractivity contribution in [3.8, 4) is 0 Å². The Morgan fingerprint density at radius 3 is 2.25 bits per heavy atom. The van der Waals surface area contributed by atoms with Gasteiger partial charge in [-0.2, -0.15) is 12.6 Å². The van der Waals surface area contributed by atoms with E-state index in [-0.39, 0.29) is 0 Å². The van der Waals surface area contributed by atoms with E-state index >= 15 is 0 Å². The van der Waals surface area contributed by atoms with Gasteiger partial charge in [0.15, 0.2) is 0 Å². The van der Waals surface area contributed by atoms with E-state index in [0.717, 1.165) is 5.92 Å². The Hall–Kier alpha value is 0.310. The molecule has 48 valence electrons. The van der Waals surface area contributed by atoms with Gasteiger partial charge < -0.3 is 4.90 Å². The van der Waals surface area contributed by atoms with Crippen molar-refractivity contribution in [2.75, 3.05) is 20.1 Å². The summed E-state index contributed by atoms with van der Waals surface area (Å²) >= 11 is 4.34. The molecule has 1 heterocycles. The lowest BCUT2D eigenvalue weighted by Crippen LogP contribution is -2.47. The van der Waals surface area contributed by atoms with E-state index < -0.39 is 0 Å². The van der Waals surface area contributed by atoms with Gasteiger partial charge in [-0.25, -0.2) is 0 Å². The Kier molecular flexibility index (Phi) is 1.83. The number of rotatable bonds is 1. The van der Waals surface area contributed by atoms with Gasteiger partial charge in [-0.1, -0.05) is 6.92 Å². The molecule has 0 aromatic heterocycles. The zero-order valence-corrected chi connectivity index (χ0v) is 6.36. The van der Waals surface area contributed by atoms with Crippen molar-refractivity contribution in [1.82, 2.24) is 4.90 Å². The number of nitrogens with zero attached hydrogens (tertiary/aromatic N) is 1. The van der Waals surface area contributed by atoms with Crippen LogP contribution >= 0.6 is 12.6 Å². The standard InChI is InChI=1S/C6H13NS/c1-5(8)6-3-7(2)4-6/h5-6,8H,3-4H2,1-2H3. The maximum absolute atomic E-state index is 4.34. The Balaban J connectivity index is 2.15. The third-order valence-corrected chi connectivity index (χ3v) is 2.20. The highest BCUT2D eigenvalue weighted by Crippen LogP contribution is 2.19. The van der Waals surface area contributed by atoms with E-state index in [1.165, 1.54) is 13.1 Å². The third-order valence-electron chi connectivity index (χ3n) is 1.77. The Morgan fingerprint density at radius 2 is 2.12 bits per heavy atom. The molecule has 0 amide bonds. The second kappa shape index (κ2) is 2.28. The maximum Gasteiger partial charge on any atom is 0.00411 e.